The van der Waals surface area contributed by atoms with Gasteiger partial charge in [0.25, 0.3) is 0 Å². The summed E-state index contributed by atoms with van der Waals surface area (Å²) in [6, 6.07) is 1.32. The van der Waals surface area contributed by atoms with E-state index in [2.05, 4.69) is 14.4 Å². The molecule has 0 aliphatic rings. The minimum Gasteiger partial charge on any atom is -0.461 e. The van der Waals surface area contributed by atoms with Gasteiger partial charge in [-0.05, 0) is 6.92 Å². The van der Waals surface area contributed by atoms with Crippen LogP contribution in [0.5, 0.6) is 0 Å². The summed E-state index contributed by atoms with van der Waals surface area (Å²) < 4.78 is 9.08. The van der Waals surface area contributed by atoms with Gasteiger partial charge < -0.3 is 9.26 Å². The Bertz CT molecular complexity index is 258. The number of ether oxygens (including phenoxy) is 1. The summed E-state index contributed by atoms with van der Waals surface area (Å²) in [5.41, 5.74) is 0.206. The van der Waals surface area contributed by atoms with Crippen LogP contribution in [0.1, 0.15) is 17.4 Å². The molecule has 0 fully saturated rings. The van der Waals surface area contributed by atoms with E-state index in [0.29, 0.717) is 6.61 Å². The van der Waals surface area contributed by atoms with Gasteiger partial charge in [-0.2, -0.15) is 0 Å². The molecule has 0 saturated heterocycles. The maximum absolute atomic E-state index is 10.9. The molecule has 0 atom stereocenters. The van der Waals surface area contributed by atoms with Crippen molar-refractivity contribution in [1.29, 1.82) is 0 Å². The molecule has 56 valence electrons. The number of hydrogen-bond acceptors (Lipinski definition) is 4. The molecule has 11 heavy (non-hydrogen) atoms. The fourth-order valence-electron chi connectivity index (χ4n) is 0.591. The molecule has 4 nitrogen and oxygen atoms in total. The SMILES string of the molecule is [B]c1cc(C(=O)OCC)no1. The number of carbonyl (C=O) groups excluding carboxylic acids is 1. The minimum atomic E-state index is -0.520. The summed E-state index contributed by atoms with van der Waals surface area (Å²) in [5.74, 6) is -0.520. The zero-order valence-corrected chi connectivity index (χ0v) is 6.03. The molecular weight excluding hydrogens is 145 g/mol. The van der Waals surface area contributed by atoms with E-state index in [1.165, 1.54) is 6.07 Å². The fourth-order valence-corrected chi connectivity index (χ4v) is 0.591. The van der Waals surface area contributed by atoms with Crippen LogP contribution < -0.4 is 5.66 Å². The highest BCUT2D eigenvalue weighted by molar-refractivity contribution is 6.30. The number of hydrogen-bond donors (Lipinski definition) is 0. The average Bonchev–Trinajstić information content (AvgIpc) is 2.36. The highest BCUT2D eigenvalue weighted by Crippen LogP contribution is 1.94. The molecule has 1 rings (SSSR count). The van der Waals surface area contributed by atoms with Crippen LogP contribution in [-0.4, -0.2) is 25.6 Å². The van der Waals surface area contributed by atoms with Crippen LogP contribution in [0.2, 0.25) is 0 Å². The molecule has 2 radical (unpaired) electrons. The van der Waals surface area contributed by atoms with Crippen molar-refractivity contribution >= 4 is 19.5 Å². The van der Waals surface area contributed by atoms with Crippen LogP contribution in [0.3, 0.4) is 0 Å². The summed E-state index contributed by atoms with van der Waals surface area (Å²) in [4.78, 5) is 10.9. The molecule has 0 aliphatic heterocycles. The van der Waals surface area contributed by atoms with E-state index in [4.69, 9.17) is 7.85 Å². The monoisotopic (exact) mass is 151 g/mol. The zero-order valence-electron chi connectivity index (χ0n) is 6.03. The predicted molar refractivity (Wildman–Crippen MR) is 37.8 cm³/mol. The first-order valence-electron chi connectivity index (χ1n) is 3.13. The van der Waals surface area contributed by atoms with Crippen LogP contribution in [0.25, 0.3) is 0 Å². The second-order valence-electron chi connectivity index (χ2n) is 1.83. The van der Waals surface area contributed by atoms with Gasteiger partial charge in [0.1, 0.15) is 0 Å². The Kier molecular flexibility index (Phi) is 2.30. The smallest absolute Gasteiger partial charge is 0.360 e. The Morgan fingerprint density at radius 1 is 1.91 bits per heavy atom. The molecular formula is C6H6BNO3. The molecule has 0 saturated carbocycles. The van der Waals surface area contributed by atoms with Gasteiger partial charge >= 0.3 is 5.97 Å². The number of nitrogens with zero attached hydrogens (tertiary/aromatic N) is 1. The van der Waals surface area contributed by atoms with Crippen molar-refractivity contribution in [3.63, 3.8) is 0 Å². The first-order valence-corrected chi connectivity index (χ1v) is 3.13. The van der Waals surface area contributed by atoms with Gasteiger partial charge in [-0.25, -0.2) is 4.79 Å². The molecule has 0 amide bonds. The quantitative estimate of drug-likeness (QED) is 0.428. The standard InChI is InChI=1S/C6H6BNO3/c1-2-10-6(9)4-3-5(7)11-8-4/h3H,2H2,1H3. The third kappa shape index (κ3) is 1.83. The van der Waals surface area contributed by atoms with Crippen LogP contribution in [0, 0.1) is 0 Å². The van der Waals surface area contributed by atoms with Gasteiger partial charge in [-0.15, -0.1) is 0 Å². The molecule has 0 bridgehead atoms. The molecule has 1 aromatic rings. The Balaban J connectivity index is 2.69. The van der Waals surface area contributed by atoms with Crippen LogP contribution in [0.4, 0.5) is 0 Å². The van der Waals surface area contributed by atoms with Crippen LogP contribution in [-0.2, 0) is 4.74 Å². The lowest BCUT2D eigenvalue weighted by atomic mass is 10.1. The van der Waals surface area contributed by atoms with E-state index >= 15 is 0 Å². The molecule has 5 heteroatoms. The maximum atomic E-state index is 10.9. The van der Waals surface area contributed by atoms with E-state index in [9.17, 15) is 4.79 Å². The largest absolute Gasteiger partial charge is 0.461 e. The second-order valence-corrected chi connectivity index (χ2v) is 1.83. The zero-order chi connectivity index (χ0) is 8.27. The average molecular weight is 151 g/mol. The van der Waals surface area contributed by atoms with Crippen molar-refractivity contribution in [3.05, 3.63) is 11.8 Å². The lowest BCUT2D eigenvalue weighted by Gasteiger charge is -1.94. The van der Waals surface area contributed by atoms with E-state index in [-0.39, 0.29) is 11.4 Å². The Morgan fingerprint density at radius 2 is 2.64 bits per heavy atom. The second kappa shape index (κ2) is 3.23. The van der Waals surface area contributed by atoms with E-state index in [1.54, 1.807) is 6.92 Å². The number of rotatable bonds is 2. The molecule has 0 aromatic carbocycles. The molecule has 0 spiro atoms. The first kappa shape index (κ1) is 7.85. The fraction of sp³-hybridized carbons (Fsp3) is 0.333. The summed E-state index contributed by atoms with van der Waals surface area (Å²) in [7, 11) is 5.18. The summed E-state index contributed by atoms with van der Waals surface area (Å²) in [6.45, 7) is 2.02. The lowest BCUT2D eigenvalue weighted by Crippen LogP contribution is -2.05. The minimum absolute atomic E-state index is 0.101. The van der Waals surface area contributed by atoms with Gasteiger partial charge in [0.05, 0.1) is 12.3 Å². The first-order chi connectivity index (χ1) is 5.24. The van der Waals surface area contributed by atoms with E-state index in [1.807, 2.05) is 0 Å². The topological polar surface area (TPSA) is 52.3 Å². The van der Waals surface area contributed by atoms with E-state index < -0.39 is 5.97 Å². The third-order valence-corrected chi connectivity index (χ3v) is 1.01. The number of carbonyl (C=O) groups is 1. The van der Waals surface area contributed by atoms with Crippen LogP contribution in [0.15, 0.2) is 10.6 Å². The van der Waals surface area contributed by atoms with Gasteiger partial charge in [-0.3, -0.25) is 0 Å². The van der Waals surface area contributed by atoms with E-state index in [0.717, 1.165) is 0 Å². The molecule has 0 unspecified atom stereocenters. The van der Waals surface area contributed by atoms with Crippen molar-refractivity contribution in [2.45, 2.75) is 6.92 Å². The molecule has 1 heterocycles. The summed E-state index contributed by atoms with van der Waals surface area (Å²) in [5, 5.41) is 3.36. The van der Waals surface area contributed by atoms with Crippen molar-refractivity contribution < 1.29 is 14.1 Å². The maximum Gasteiger partial charge on any atom is 0.360 e. The molecule has 0 N–H and O–H groups in total. The highest BCUT2D eigenvalue weighted by Gasteiger charge is 2.10. The molecule has 1 aromatic heterocycles. The normalized spacial score (nSPS) is 9.55. The van der Waals surface area contributed by atoms with Gasteiger partial charge in [0.15, 0.2) is 13.5 Å². The Hall–Kier alpha value is -1.26. The van der Waals surface area contributed by atoms with Gasteiger partial charge in [0.2, 0.25) is 0 Å². The molecule has 0 aliphatic carbocycles. The van der Waals surface area contributed by atoms with Crippen molar-refractivity contribution in [2.75, 3.05) is 6.61 Å². The highest BCUT2D eigenvalue weighted by atomic mass is 16.5. The van der Waals surface area contributed by atoms with Crippen molar-refractivity contribution in [3.8, 4) is 0 Å². The summed E-state index contributed by atoms with van der Waals surface area (Å²) >= 11 is 0. The summed E-state index contributed by atoms with van der Waals surface area (Å²) in [6.07, 6.45) is 0. The Labute approximate surface area is 64.9 Å². The number of esters is 1. The Morgan fingerprint density at radius 3 is 3.09 bits per heavy atom. The number of aromatic nitrogens is 1. The lowest BCUT2D eigenvalue weighted by molar-refractivity contribution is 0.0515. The predicted octanol–water partition coefficient (Wildman–Crippen LogP) is -0.355. The van der Waals surface area contributed by atoms with Crippen molar-refractivity contribution in [2.24, 2.45) is 0 Å². The van der Waals surface area contributed by atoms with Crippen molar-refractivity contribution in [1.82, 2.24) is 5.16 Å². The van der Waals surface area contributed by atoms with Gasteiger partial charge in [0, 0.05) is 6.07 Å². The third-order valence-electron chi connectivity index (χ3n) is 1.01. The van der Waals surface area contributed by atoms with Gasteiger partial charge in [-0.1, -0.05) is 5.16 Å². The van der Waals surface area contributed by atoms with Crippen LogP contribution >= 0.6 is 0 Å².